The van der Waals surface area contributed by atoms with Crippen molar-refractivity contribution >= 4 is 18.7 Å². The van der Waals surface area contributed by atoms with Crippen LogP contribution < -0.4 is 0 Å². The van der Waals surface area contributed by atoms with Gasteiger partial charge in [-0.05, 0) is 57.9 Å². The molecule has 1 fully saturated rings. The summed E-state index contributed by atoms with van der Waals surface area (Å²) in [4.78, 5) is 10.8. The number of benzene rings is 1. The molecule has 0 amide bonds. The molecule has 1 aliphatic heterocycles. The third-order valence-corrected chi connectivity index (χ3v) is 4.38. The number of carboxylic acids is 1. The molecule has 0 bridgehead atoms. The number of carbonyl (C=O) groups is 1. The fraction of sp³-hybridized carbons (Fsp3) is 0.438. The molecule has 0 radical (unpaired) electrons. The van der Waals surface area contributed by atoms with Gasteiger partial charge >= 0.3 is 13.1 Å². The monoisotopic (exact) mass is 306 g/mol. The molecule has 0 atom stereocenters. The summed E-state index contributed by atoms with van der Waals surface area (Å²) in [6.07, 6.45) is 0. The van der Waals surface area contributed by atoms with Gasteiger partial charge in [-0.15, -0.1) is 0 Å². The Bertz CT molecular complexity index is 604. The maximum Gasteiger partial charge on any atom is 0.525 e. The van der Waals surface area contributed by atoms with Gasteiger partial charge in [0.25, 0.3) is 0 Å². The maximum atomic E-state index is 14.6. The van der Waals surface area contributed by atoms with Crippen LogP contribution in [0.1, 0.15) is 50.5 Å². The molecule has 0 spiro atoms. The molecule has 0 unspecified atom stereocenters. The summed E-state index contributed by atoms with van der Waals surface area (Å²) < 4.78 is 26.0. The summed E-state index contributed by atoms with van der Waals surface area (Å²) in [6.45, 7) is 9.05. The van der Waals surface area contributed by atoms with E-state index in [0.29, 0.717) is 11.1 Å². The molecule has 1 aromatic rings. The number of aromatic carboxylic acids is 1. The van der Waals surface area contributed by atoms with Crippen LogP contribution >= 0.6 is 0 Å². The molecular formula is C16H20BFO4. The zero-order valence-corrected chi connectivity index (χ0v) is 13.4. The molecule has 6 heteroatoms. The number of carboxylic acid groups (broad SMARTS) is 1. The van der Waals surface area contributed by atoms with E-state index in [1.54, 1.807) is 19.1 Å². The molecule has 0 saturated carbocycles. The van der Waals surface area contributed by atoms with Gasteiger partial charge in [0, 0.05) is 0 Å². The summed E-state index contributed by atoms with van der Waals surface area (Å²) in [7, 11) is -1.05. The molecule has 0 aromatic heterocycles. The van der Waals surface area contributed by atoms with Crippen molar-refractivity contribution in [3.63, 3.8) is 0 Å². The number of hydrogen-bond donors (Lipinski definition) is 1. The van der Waals surface area contributed by atoms with E-state index in [-0.39, 0.29) is 5.56 Å². The zero-order chi connectivity index (χ0) is 16.7. The summed E-state index contributed by atoms with van der Waals surface area (Å²) in [5, 5.41) is 8.89. The first kappa shape index (κ1) is 16.7. The van der Waals surface area contributed by atoms with Crippen molar-refractivity contribution in [1.29, 1.82) is 0 Å². The van der Waals surface area contributed by atoms with E-state index in [1.807, 2.05) is 27.7 Å². The lowest BCUT2D eigenvalue weighted by molar-refractivity contribution is 0.00578. The second kappa shape index (κ2) is 5.52. The van der Waals surface area contributed by atoms with Crippen molar-refractivity contribution < 1.29 is 23.6 Å². The molecule has 1 aliphatic rings. The molecule has 22 heavy (non-hydrogen) atoms. The second-order valence-electron chi connectivity index (χ2n) is 6.44. The Morgan fingerprint density at radius 1 is 1.05 bits per heavy atom. The molecule has 2 rings (SSSR count). The number of rotatable bonds is 3. The highest BCUT2D eigenvalue weighted by Gasteiger charge is 2.53. The van der Waals surface area contributed by atoms with Gasteiger partial charge in [-0.1, -0.05) is 12.1 Å². The molecule has 0 aliphatic carbocycles. The molecule has 1 aromatic carbocycles. The smallest absolute Gasteiger partial charge is 0.478 e. The van der Waals surface area contributed by atoms with Gasteiger partial charge in [-0.2, -0.15) is 0 Å². The third-order valence-electron chi connectivity index (χ3n) is 4.38. The minimum Gasteiger partial charge on any atom is -0.478 e. The van der Waals surface area contributed by atoms with Crippen LogP contribution in [-0.2, 0) is 9.31 Å². The second-order valence-corrected chi connectivity index (χ2v) is 6.44. The van der Waals surface area contributed by atoms with Crippen molar-refractivity contribution in [2.75, 3.05) is 0 Å². The molecular weight excluding hydrogens is 286 g/mol. The standard InChI is InChI=1S/C16H20BFO4/c1-10(11-6-8-12(9-7-11)14(19)20)13(18)17-21-15(2,3)16(4,5)22-17/h6-9H,1-5H3,(H,19,20). The van der Waals surface area contributed by atoms with E-state index in [0.717, 1.165) is 0 Å². The summed E-state index contributed by atoms with van der Waals surface area (Å²) in [6, 6.07) is 6.03. The summed E-state index contributed by atoms with van der Waals surface area (Å²) in [5.41, 5.74) is -0.591. The third kappa shape index (κ3) is 2.94. The quantitative estimate of drug-likeness (QED) is 0.865. The number of allylic oxidation sites excluding steroid dienone is 1. The van der Waals surface area contributed by atoms with Crippen molar-refractivity contribution in [3.05, 3.63) is 41.1 Å². The van der Waals surface area contributed by atoms with Crippen LogP contribution in [0.2, 0.25) is 0 Å². The lowest BCUT2D eigenvalue weighted by Gasteiger charge is -2.32. The van der Waals surface area contributed by atoms with Gasteiger partial charge in [0.05, 0.1) is 16.8 Å². The van der Waals surface area contributed by atoms with Crippen molar-refractivity contribution in [2.45, 2.75) is 45.8 Å². The number of halogens is 1. The Morgan fingerprint density at radius 3 is 1.86 bits per heavy atom. The molecule has 4 nitrogen and oxygen atoms in total. The van der Waals surface area contributed by atoms with Gasteiger partial charge < -0.3 is 14.4 Å². The first-order chi connectivity index (χ1) is 10.0. The fourth-order valence-electron chi connectivity index (χ4n) is 2.12. The van der Waals surface area contributed by atoms with Crippen LogP contribution in [0.3, 0.4) is 0 Å². The number of hydrogen-bond acceptors (Lipinski definition) is 3. The highest BCUT2D eigenvalue weighted by molar-refractivity contribution is 6.55. The zero-order valence-electron chi connectivity index (χ0n) is 13.4. The van der Waals surface area contributed by atoms with Gasteiger partial charge in [0.15, 0.2) is 0 Å². The van der Waals surface area contributed by atoms with Crippen LogP contribution in [0.5, 0.6) is 0 Å². The van der Waals surface area contributed by atoms with Crippen LogP contribution in [0.15, 0.2) is 30.0 Å². The van der Waals surface area contributed by atoms with E-state index < -0.39 is 30.0 Å². The Morgan fingerprint density at radius 2 is 1.45 bits per heavy atom. The van der Waals surface area contributed by atoms with Crippen LogP contribution in [0, 0.1) is 0 Å². The van der Waals surface area contributed by atoms with Gasteiger partial charge in [-0.3, -0.25) is 0 Å². The van der Waals surface area contributed by atoms with Crippen LogP contribution in [0.4, 0.5) is 4.39 Å². The van der Waals surface area contributed by atoms with E-state index in [9.17, 15) is 9.18 Å². The fourth-order valence-corrected chi connectivity index (χ4v) is 2.12. The largest absolute Gasteiger partial charge is 0.525 e. The normalized spacial score (nSPS) is 20.7. The van der Waals surface area contributed by atoms with Gasteiger partial charge in [0.1, 0.15) is 5.73 Å². The molecule has 1 heterocycles. The van der Waals surface area contributed by atoms with Crippen molar-refractivity contribution in [3.8, 4) is 0 Å². The predicted octanol–water partition coefficient (Wildman–Crippen LogP) is 3.72. The topological polar surface area (TPSA) is 55.8 Å². The Kier molecular flexibility index (Phi) is 4.19. The summed E-state index contributed by atoms with van der Waals surface area (Å²) >= 11 is 0. The molecule has 118 valence electrons. The average molecular weight is 306 g/mol. The predicted molar refractivity (Wildman–Crippen MR) is 83.2 cm³/mol. The lowest BCUT2D eigenvalue weighted by Crippen LogP contribution is -2.41. The summed E-state index contributed by atoms with van der Waals surface area (Å²) in [5.74, 6) is -1.01. The Hall–Kier alpha value is -1.66. The molecule has 1 saturated heterocycles. The maximum absolute atomic E-state index is 14.6. The highest BCUT2D eigenvalue weighted by Crippen LogP contribution is 2.40. The van der Waals surface area contributed by atoms with Crippen LogP contribution in [0.25, 0.3) is 5.57 Å². The Labute approximate surface area is 130 Å². The first-order valence-corrected chi connectivity index (χ1v) is 7.11. The lowest BCUT2D eigenvalue weighted by atomic mass is 9.83. The van der Waals surface area contributed by atoms with Crippen molar-refractivity contribution in [1.82, 2.24) is 0 Å². The van der Waals surface area contributed by atoms with E-state index >= 15 is 0 Å². The van der Waals surface area contributed by atoms with Crippen molar-refractivity contribution in [2.24, 2.45) is 0 Å². The molecule has 1 N–H and O–H groups in total. The van der Waals surface area contributed by atoms with Gasteiger partial charge in [0.2, 0.25) is 0 Å². The van der Waals surface area contributed by atoms with E-state index in [1.165, 1.54) is 12.1 Å². The minimum absolute atomic E-state index is 0.160. The first-order valence-electron chi connectivity index (χ1n) is 7.11. The highest BCUT2D eigenvalue weighted by atomic mass is 19.1. The van der Waals surface area contributed by atoms with E-state index in [2.05, 4.69) is 0 Å². The Balaban J connectivity index is 2.28. The van der Waals surface area contributed by atoms with Gasteiger partial charge in [-0.25, -0.2) is 9.18 Å². The van der Waals surface area contributed by atoms with E-state index in [4.69, 9.17) is 14.4 Å². The average Bonchev–Trinajstić information content (AvgIpc) is 2.66. The SMILES string of the molecule is CC(=C(F)B1OC(C)(C)C(C)(C)O1)c1ccc(C(=O)O)cc1. The minimum atomic E-state index is -1.05. The van der Waals surface area contributed by atoms with Crippen LogP contribution in [-0.4, -0.2) is 29.4 Å².